The molecule has 12 aromatic rings. The van der Waals surface area contributed by atoms with Crippen LogP contribution in [0, 0.1) is 89.7 Å². The average Bonchev–Trinajstić information content (AvgIpc) is 0.725. The van der Waals surface area contributed by atoms with Gasteiger partial charge in [0.25, 0.3) is 16.7 Å². The number of phenolic OH excluding ortho intramolecular Hbond substituents is 3. The number of phenols is 3. The molecule has 6 atom stereocenters. The Hall–Kier alpha value is -12.7. The van der Waals surface area contributed by atoms with Gasteiger partial charge in [-0.15, -0.1) is 0 Å². The van der Waals surface area contributed by atoms with Crippen LogP contribution in [0.25, 0.3) is 83.9 Å². The summed E-state index contributed by atoms with van der Waals surface area (Å²) in [4.78, 5) is 119. The first kappa shape index (κ1) is 106. The third kappa shape index (κ3) is 18.4. The summed E-state index contributed by atoms with van der Waals surface area (Å²) in [6, 6.07) is 13.3. The van der Waals surface area contributed by atoms with Gasteiger partial charge in [0.05, 0.1) is 110 Å². The summed E-state index contributed by atoms with van der Waals surface area (Å²) in [6.07, 6.45) is 8.47. The topological polar surface area (TPSA) is 346 Å². The molecule has 141 heavy (non-hydrogen) atoms. The van der Waals surface area contributed by atoms with Crippen molar-refractivity contribution in [3.63, 3.8) is 0 Å². The van der Waals surface area contributed by atoms with Crippen LogP contribution in [0.1, 0.15) is 151 Å². The maximum absolute atomic E-state index is 15.6. The van der Waals surface area contributed by atoms with E-state index in [1.54, 1.807) is 72.3 Å². The van der Waals surface area contributed by atoms with Crippen molar-refractivity contribution in [2.75, 3.05) is 54.0 Å². The Morgan fingerprint density at radius 3 is 0.851 bits per heavy atom. The molecule has 0 radical (unpaired) electrons. The van der Waals surface area contributed by atoms with Gasteiger partial charge < -0.3 is 44.7 Å². The number of amides is 3. The van der Waals surface area contributed by atoms with Crippen LogP contribution in [0.2, 0.25) is 45.2 Å². The molecule has 3 fully saturated rings. The van der Waals surface area contributed by atoms with Crippen molar-refractivity contribution in [1.29, 1.82) is 15.8 Å². The molecular weight excluding hydrogens is 2020 g/mol. The second-order valence-corrected chi connectivity index (χ2v) is 38.6. The normalized spacial score (nSPS) is 16.6. The molecule has 732 valence electrons. The first-order chi connectivity index (χ1) is 66.5. The summed E-state index contributed by atoms with van der Waals surface area (Å²) in [5.41, 5.74) is -1.67. The minimum atomic E-state index is -1.56. The Bertz CT molecular complexity index is 6870. The number of aromatic nitrogens is 9. The second kappa shape index (κ2) is 41.5. The Labute approximate surface area is 849 Å². The molecule has 3 saturated heterocycles. The predicted octanol–water partition coefficient (Wildman–Crippen LogP) is 21.9. The smallest absolute Gasteiger partial charge is 0.276 e. The monoisotopic (exact) mass is 2100 g/mol. The van der Waals surface area contributed by atoms with Crippen LogP contribution in [-0.4, -0.2) is 167 Å². The molecule has 0 unspecified atom stereocenters. The number of anilines is 3. The summed E-state index contributed by atoms with van der Waals surface area (Å²) < 4.78 is 95.0. The third-order valence-corrected chi connectivity index (χ3v) is 28.1. The van der Waals surface area contributed by atoms with Crippen molar-refractivity contribution in [3.8, 4) is 86.3 Å². The Balaban J connectivity index is 0.000000178. The highest BCUT2D eigenvalue weighted by Crippen LogP contribution is 2.52. The lowest BCUT2D eigenvalue weighted by atomic mass is 10.0. The van der Waals surface area contributed by atoms with Crippen LogP contribution in [-0.2, 0) is 14.4 Å². The number of nitriles is 3. The lowest BCUT2D eigenvalue weighted by Gasteiger charge is -2.45. The molecular formula is C99H87Cl9F6N18O9. The number of hydrogen-bond acceptors (Lipinski definition) is 21. The zero-order valence-electron chi connectivity index (χ0n) is 78.0. The molecule has 3 aliphatic rings. The van der Waals surface area contributed by atoms with Gasteiger partial charge in [-0.05, 0) is 151 Å². The Kier molecular flexibility index (Phi) is 31.0. The lowest BCUT2D eigenvalue weighted by molar-refractivity contribution is -0.131. The van der Waals surface area contributed by atoms with Crippen molar-refractivity contribution in [3.05, 3.63) is 255 Å². The molecule has 12 heterocycles. The van der Waals surface area contributed by atoms with Crippen molar-refractivity contribution in [2.45, 2.75) is 158 Å². The number of halogens is 15. The molecule has 0 bridgehead atoms. The molecule has 0 spiro atoms. The first-order valence-electron chi connectivity index (χ1n) is 43.7. The fourth-order valence-corrected chi connectivity index (χ4v) is 20.5. The van der Waals surface area contributed by atoms with Gasteiger partial charge in [-0.1, -0.05) is 166 Å². The number of carbonyl (C=O) groups excluding carboxylic acids is 3. The highest BCUT2D eigenvalue weighted by Gasteiger charge is 2.43. The van der Waals surface area contributed by atoms with Crippen molar-refractivity contribution in [2.24, 2.45) is 0 Å². The highest BCUT2D eigenvalue weighted by atomic mass is 35.5. The van der Waals surface area contributed by atoms with E-state index in [2.05, 4.69) is 67.8 Å². The number of piperazine rings is 3. The molecule has 3 amide bonds. The molecule has 42 heteroatoms. The standard InChI is InChI=1S/3C33H29Cl3F2N6O3/c1-7-21(45)43-16(5)12-42(13-17(43)6)30-18-10-20(34)28(22-25(37)26(38)23(35)24(36)31(22)46)41-32(18)44(33(47)19(30)11-39)29-15(4)8-9-40-27(29)14(2)3;2*1-7-21(45)43-16(5)12-42(13-17(43)6)30-18-10-20(34)28(22-25(37)23(35)24(36)26(38)31(22)46)41-32(18)44(33(47)19(30)11-39)29-15(4)8-9-40-27(29)14(2)3/h3*7-10,14,16-17,46H,1,12-13H2,2-6H3/t3*16-,17+. The summed E-state index contributed by atoms with van der Waals surface area (Å²) in [5.74, 6) is -13.0. The summed E-state index contributed by atoms with van der Waals surface area (Å²) >= 11 is 55.6. The van der Waals surface area contributed by atoms with Crippen LogP contribution in [0.15, 0.2) is 107 Å². The Morgan fingerprint density at radius 1 is 0.383 bits per heavy atom. The first-order valence-corrected chi connectivity index (χ1v) is 47.1. The summed E-state index contributed by atoms with van der Waals surface area (Å²) in [7, 11) is 0. The maximum atomic E-state index is 15.6. The van der Waals surface area contributed by atoms with Gasteiger partial charge in [-0.2, -0.15) is 15.8 Å². The maximum Gasteiger partial charge on any atom is 0.276 e. The molecule has 3 aromatic carbocycles. The Morgan fingerprint density at radius 2 is 0.617 bits per heavy atom. The summed E-state index contributed by atoms with van der Waals surface area (Å²) in [6.45, 7) is 39.7. The van der Waals surface area contributed by atoms with Gasteiger partial charge in [-0.3, -0.25) is 57.4 Å². The predicted molar refractivity (Wildman–Crippen MR) is 537 cm³/mol. The van der Waals surface area contributed by atoms with Gasteiger partial charge in [-0.25, -0.2) is 41.3 Å². The number of benzene rings is 3. The zero-order valence-corrected chi connectivity index (χ0v) is 84.8. The van der Waals surface area contributed by atoms with Gasteiger partial charge in [0.15, 0.2) is 46.4 Å². The SMILES string of the molecule is C=CC(=O)N1[C@H](C)CN(c2c(C#N)c(=O)n(-c3c(C)ccnc3C(C)C)c3nc(-c4c(O)c(Cl)c(Cl)c(F)c4F)c(Cl)cc23)C[C@@H]1C.C=CC(=O)N1[C@H](C)CN(c2c(C#N)c(=O)n(-c3c(C)ccnc3C(C)C)c3nc(-c4c(O)c(F)c(Cl)c(Cl)c4F)c(Cl)cc23)C[C@@H]1C.C=CC(=O)N1[C@H](C)CN(c2c(C#N)c(=O)n(-c3c(C)ccnc3C(C)C)c3nc(-c4c(O)c(F)c(Cl)c(Cl)c4F)c(Cl)cc23)C[C@@H]1C. The number of aromatic hydroxyl groups is 3. The van der Waals surface area contributed by atoms with Crippen LogP contribution in [0.4, 0.5) is 43.4 Å². The van der Waals surface area contributed by atoms with E-state index in [1.165, 1.54) is 50.1 Å². The average molecular weight is 2110 g/mol. The number of pyridine rings is 9. The van der Waals surface area contributed by atoms with Crippen molar-refractivity contribution in [1.82, 2.24) is 58.3 Å². The number of fused-ring (bicyclic) bond motifs is 3. The van der Waals surface area contributed by atoms with E-state index in [-0.39, 0.29) is 193 Å². The van der Waals surface area contributed by atoms with E-state index < -0.39 is 133 Å². The van der Waals surface area contributed by atoms with Crippen LogP contribution in [0.3, 0.4) is 0 Å². The fraction of sp³-hybridized carbons (Fsp3) is 0.303. The van der Waals surface area contributed by atoms with Gasteiger partial charge in [0.1, 0.15) is 77.7 Å². The quantitative estimate of drug-likeness (QED) is 0.0371. The highest BCUT2D eigenvalue weighted by molar-refractivity contribution is 6.45. The zero-order chi connectivity index (χ0) is 104. The number of carbonyl (C=O) groups is 3. The largest absolute Gasteiger partial charge is 0.506 e. The number of aryl methyl sites for hydroxylation is 3. The van der Waals surface area contributed by atoms with Gasteiger partial charge in [0.2, 0.25) is 17.7 Å². The molecule has 27 nitrogen and oxygen atoms in total. The minimum Gasteiger partial charge on any atom is -0.506 e. The molecule has 9 aromatic heterocycles. The number of nitrogens with zero attached hydrogens (tertiary/aromatic N) is 18. The second-order valence-electron chi connectivity index (χ2n) is 35.1. The van der Waals surface area contributed by atoms with Crippen LogP contribution < -0.4 is 31.4 Å². The van der Waals surface area contributed by atoms with Gasteiger partial charge >= 0.3 is 0 Å². The summed E-state index contributed by atoms with van der Waals surface area (Å²) in [5, 5.41) is 58.9. The van der Waals surface area contributed by atoms with Crippen molar-refractivity contribution >= 4 is 172 Å². The van der Waals surface area contributed by atoms with Crippen LogP contribution in [0.5, 0.6) is 17.2 Å². The van der Waals surface area contributed by atoms with E-state index in [4.69, 9.17) is 104 Å². The molecule has 15 rings (SSSR count). The van der Waals surface area contributed by atoms with E-state index >= 15 is 13.2 Å². The number of rotatable bonds is 15. The van der Waals surface area contributed by atoms with Crippen molar-refractivity contribution < 1.29 is 56.0 Å². The van der Waals surface area contributed by atoms with Crippen LogP contribution >= 0.6 is 104 Å². The van der Waals surface area contributed by atoms with Gasteiger partial charge in [0, 0.05) is 110 Å². The van der Waals surface area contributed by atoms with E-state index in [0.29, 0.717) is 50.8 Å². The molecule has 3 aliphatic heterocycles. The molecule has 0 saturated carbocycles. The third-order valence-electron chi connectivity index (χ3n) is 24.8. The lowest BCUT2D eigenvalue weighted by Crippen LogP contribution is -2.58. The number of hydrogen-bond donors (Lipinski definition) is 3. The van der Waals surface area contributed by atoms with E-state index in [0.717, 1.165) is 0 Å². The van der Waals surface area contributed by atoms with E-state index in [1.807, 2.05) is 97.8 Å². The molecule has 0 aliphatic carbocycles. The minimum absolute atomic E-state index is 0.0726. The molecule has 3 N–H and O–H groups in total. The van der Waals surface area contributed by atoms with E-state index in [9.17, 15) is 73.0 Å². The fourth-order valence-electron chi connectivity index (χ4n) is 18.7.